The van der Waals surface area contributed by atoms with Crippen molar-refractivity contribution in [2.45, 2.75) is 52.7 Å². The molecule has 1 heterocycles. The van der Waals surface area contributed by atoms with Gasteiger partial charge in [-0.3, -0.25) is 0 Å². The van der Waals surface area contributed by atoms with E-state index in [1.165, 1.54) is 24.1 Å². The molecule has 0 saturated carbocycles. The molecular weight excluding hydrogens is 264 g/mol. The number of carbonyl (C=O) groups excluding carboxylic acids is 1. The molecule has 0 aromatic heterocycles. The third-order valence-corrected chi connectivity index (χ3v) is 3.43. The summed E-state index contributed by atoms with van der Waals surface area (Å²) in [4.78, 5) is 14.1. The highest BCUT2D eigenvalue weighted by atomic mass is 16.6. The number of amides is 1. The maximum atomic E-state index is 11.7. The Bertz CT molecular complexity index is 500. The first kappa shape index (κ1) is 15.7. The number of hydrogen-bond donors (Lipinski definition) is 1. The van der Waals surface area contributed by atoms with Gasteiger partial charge < -0.3 is 15.0 Å². The number of nitrogens with one attached hydrogen (secondary N) is 1. The molecule has 1 saturated heterocycles. The number of hydrogen-bond acceptors (Lipinski definition) is 3. The van der Waals surface area contributed by atoms with Crippen LogP contribution in [0, 0.1) is 6.92 Å². The fourth-order valence-electron chi connectivity index (χ4n) is 2.59. The van der Waals surface area contributed by atoms with E-state index in [-0.39, 0.29) is 6.09 Å². The fourth-order valence-corrected chi connectivity index (χ4v) is 2.59. The molecule has 0 spiro atoms. The smallest absolute Gasteiger partial charge is 0.407 e. The molecule has 0 atom stereocenters. The highest BCUT2D eigenvalue weighted by molar-refractivity contribution is 5.67. The van der Waals surface area contributed by atoms with Crippen LogP contribution in [0.1, 0.15) is 44.7 Å². The predicted molar refractivity (Wildman–Crippen MR) is 85.7 cm³/mol. The number of alkyl carbamates (subject to hydrolysis) is 1. The monoisotopic (exact) mass is 290 g/mol. The van der Waals surface area contributed by atoms with E-state index in [2.05, 4.69) is 35.3 Å². The Morgan fingerprint density at radius 2 is 1.90 bits per heavy atom. The normalized spacial score (nSPS) is 15.1. The van der Waals surface area contributed by atoms with Gasteiger partial charge in [0, 0.05) is 25.3 Å². The summed E-state index contributed by atoms with van der Waals surface area (Å²) in [7, 11) is 0. The first-order valence-corrected chi connectivity index (χ1v) is 7.66. The molecule has 4 nitrogen and oxygen atoms in total. The van der Waals surface area contributed by atoms with E-state index in [0.717, 1.165) is 18.7 Å². The molecule has 2 rings (SSSR count). The Labute approximate surface area is 127 Å². The second-order valence-electron chi connectivity index (χ2n) is 6.73. The minimum Gasteiger partial charge on any atom is -0.444 e. The van der Waals surface area contributed by atoms with E-state index < -0.39 is 5.60 Å². The van der Waals surface area contributed by atoms with E-state index in [1.54, 1.807) is 0 Å². The van der Waals surface area contributed by atoms with E-state index >= 15 is 0 Å². The zero-order valence-electron chi connectivity index (χ0n) is 13.5. The number of anilines is 1. The topological polar surface area (TPSA) is 41.6 Å². The molecule has 1 N–H and O–H groups in total. The van der Waals surface area contributed by atoms with Crippen molar-refractivity contribution in [1.29, 1.82) is 0 Å². The van der Waals surface area contributed by atoms with Crippen LogP contribution in [0.25, 0.3) is 0 Å². The molecule has 0 unspecified atom stereocenters. The third kappa shape index (κ3) is 4.96. The molecule has 21 heavy (non-hydrogen) atoms. The van der Waals surface area contributed by atoms with Gasteiger partial charge in [-0.05, 0) is 63.8 Å². The number of ether oxygens (including phenoxy) is 1. The summed E-state index contributed by atoms with van der Waals surface area (Å²) in [6.45, 7) is 10.4. The Hall–Kier alpha value is -1.71. The maximum absolute atomic E-state index is 11.7. The molecule has 1 aliphatic rings. The third-order valence-electron chi connectivity index (χ3n) is 3.43. The van der Waals surface area contributed by atoms with Crippen molar-refractivity contribution in [3.05, 3.63) is 29.3 Å². The van der Waals surface area contributed by atoms with Gasteiger partial charge in [0.25, 0.3) is 0 Å². The van der Waals surface area contributed by atoms with E-state index in [9.17, 15) is 4.79 Å². The molecule has 116 valence electrons. The standard InChI is InChI=1S/C17H26N2O2/c1-13-9-14(12-18-16(20)21-17(2,3)4)11-15(10-13)19-7-5-6-8-19/h9-11H,5-8,12H2,1-4H3,(H,18,20). The highest BCUT2D eigenvalue weighted by Gasteiger charge is 2.16. The summed E-state index contributed by atoms with van der Waals surface area (Å²) in [5.74, 6) is 0. The van der Waals surface area contributed by atoms with Crippen molar-refractivity contribution in [3.63, 3.8) is 0 Å². The summed E-state index contributed by atoms with van der Waals surface area (Å²) in [5.41, 5.74) is 3.13. The Morgan fingerprint density at radius 1 is 1.24 bits per heavy atom. The zero-order chi connectivity index (χ0) is 15.5. The van der Waals surface area contributed by atoms with Crippen LogP contribution in [0.5, 0.6) is 0 Å². The number of carbonyl (C=O) groups is 1. The van der Waals surface area contributed by atoms with Gasteiger partial charge in [0.2, 0.25) is 0 Å². The highest BCUT2D eigenvalue weighted by Crippen LogP contribution is 2.23. The lowest BCUT2D eigenvalue weighted by molar-refractivity contribution is 0.0523. The Balaban J connectivity index is 1.98. The zero-order valence-corrected chi connectivity index (χ0v) is 13.5. The van der Waals surface area contributed by atoms with Gasteiger partial charge >= 0.3 is 6.09 Å². The van der Waals surface area contributed by atoms with Crippen LogP contribution in [0.2, 0.25) is 0 Å². The van der Waals surface area contributed by atoms with Crippen LogP contribution in [-0.4, -0.2) is 24.8 Å². The largest absolute Gasteiger partial charge is 0.444 e. The lowest BCUT2D eigenvalue weighted by Gasteiger charge is -2.21. The first-order valence-electron chi connectivity index (χ1n) is 7.66. The summed E-state index contributed by atoms with van der Waals surface area (Å²) in [6, 6.07) is 6.48. The minimum atomic E-state index is -0.461. The van der Waals surface area contributed by atoms with Crippen molar-refractivity contribution < 1.29 is 9.53 Å². The van der Waals surface area contributed by atoms with Gasteiger partial charge in [-0.2, -0.15) is 0 Å². The first-order chi connectivity index (χ1) is 9.83. The summed E-state index contributed by atoms with van der Waals surface area (Å²) < 4.78 is 5.26. The average Bonchev–Trinajstić information content (AvgIpc) is 2.87. The molecule has 1 aromatic rings. The second-order valence-corrected chi connectivity index (χ2v) is 6.73. The molecule has 1 aliphatic heterocycles. The summed E-state index contributed by atoms with van der Waals surface area (Å²) >= 11 is 0. The van der Waals surface area contributed by atoms with Gasteiger partial charge in [-0.25, -0.2) is 4.79 Å². The Kier molecular flexibility index (Phi) is 4.76. The number of nitrogens with zero attached hydrogens (tertiary/aromatic N) is 1. The Morgan fingerprint density at radius 3 is 2.52 bits per heavy atom. The molecule has 1 fully saturated rings. The van der Waals surface area contributed by atoms with Gasteiger partial charge in [-0.15, -0.1) is 0 Å². The van der Waals surface area contributed by atoms with E-state index in [0.29, 0.717) is 6.54 Å². The van der Waals surface area contributed by atoms with E-state index in [1.807, 2.05) is 20.8 Å². The lowest BCUT2D eigenvalue weighted by Crippen LogP contribution is -2.32. The van der Waals surface area contributed by atoms with Crippen LogP contribution in [-0.2, 0) is 11.3 Å². The van der Waals surface area contributed by atoms with Crippen LogP contribution in [0.4, 0.5) is 10.5 Å². The average molecular weight is 290 g/mol. The quantitative estimate of drug-likeness (QED) is 0.924. The molecular formula is C17H26N2O2. The SMILES string of the molecule is Cc1cc(CNC(=O)OC(C)(C)C)cc(N2CCCC2)c1. The van der Waals surface area contributed by atoms with Gasteiger partial charge in [0.1, 0.15) is 5.60 Å². The number of aryl methyl sites for hydroxylation is 1. The van der Waals surface area contributed by atoms with Gasteiger partial charge in [0.05, 0.1) is 0 Å². The number of benzene rings is 1. The van der Waals surface area contributed by atoms with Crippen molar-refractivity contribution >= 4 is 11.8 Å². The van der Waals surface area contributed by atoms with Crippen LogP contribution >= 0.6 is 0 Å². The lowest BCUT2D eigenvalue weighted by atomic mass is 10.1. The molecule has 0 radical (unpaired) electrons. The van der Waals surface area contributed by atoms with E-state index in [4.69, 9.17) is 4.74 Å². The van der Waals surface area contributed by atoms with Crippen molar-refractivity contribution in [2.75, 3.05) is 18.0 Å². The molecule has 0 bridgehead atoms. The predicted octanol–water partition coefficient (Wildman–Crippen LogP) is 3.62. The molecule has 1 aromatic carbocycles. The van der Waals surface area contributed by atoms with Crippen LogP contribution < -0.4 is 10.2 Å². The van der Waals surface area contributed by atoms with Crippen molar-refractivity contribution in [1.82, 2.24) is 5.32 Å². The second kappa shape index (κ2) is 6.37. The molecule has 4 heteroatoms. The van der Waals surface area contributed by atoms with Gasteiger partial charge in [-0.1, -0.05) is 6.07 Å². The van der Waals surface area contributed by atoms with Crippen molar-refractivity contribution in [2.24, 2.45) is 0 Å². The van der Waals surface area contributed by atoms with Crippen LogP contribution in [0.3, 0.4) is 0 Å². The van der Waals surface area contributed by atoms with Gasteiger partial charge in [0.15, 0.2) is 0 Å². The minimum absolute atomic E-state index is 0.369. The molecule has 1 amide bonds. The molecule has 0 aliphatic carbocycles. The summed E-state index contributed by atoms with van der Waals surface area (Å²) in [6.07, 6.45) is 2.16. The maximum Gasteiger partial charge on any atom is 0.407 e. The number of rotatable bonds is 3. The summed E-state index contributed by atoms with van der Waals surface area (Å²) in [5, 5.41) is 2.82. The van der Waals surface area contributed by atoms with Crippen LogP contribution in [0.15, 0.2) is 18.2 Å². The fraction of sp³-hybridized carbons (Fsp3) is 0.588. The van der Waals surface area contributed by atoms with Crippen molar-refractivity contribution in [3.8, 4) is 0 Å².